The fraction of sp³-hybridized carbons (Fsp3) is 0.158. The molecule has 0 aliphatic carbocycles. The maximum absolute atomic E-state index is 12.3. The molecule has 0 fully saturated rings. The summed E-state index contributed by atoms with van der Waals surface area (Å²) in [6, 6.07) is 14.9. The third kappa shape index (κ3) is 3.98. The maximum atomic E-state index is 12.3. The van der Waals surface area contributed by atoms with Gasteiger partial charge in [-0.05, 0) is 54.8 Å². The van der Waals surface area contributed by atoms with Crippen molar-refractivity contribution in [3.63, 3.8) is 0 Å². The van der Waals surface area contributed by atoms with E-state index in [0.717, 1.165) is 22.4 Å². The van der Waals surface area contributed by atoms with Crippen LogP contribution in [0.2, 0.25) is 0 Å². The van der Waals surface area contributed by atoms with Crippen molar-refractivity contribution in [1.29, 1.82) is 5.26 Å². The van der Waals surface area contributed by atoms with Crippen LogP contribution in [0.15, 0.2) is 48.0 Å². The van der Waals surface area contributed by atoms with Crippen molar-refractivity contribution in [2.75, 3.05) is 12.4 Å². The zero-order valence-corrected chi connectivity index (χ0v) is 13.4. The lowest BCUT2D eigenvalue weighted by Gasteiger charge is -2.08. The number of hydrogen-bond acceptors (Lipinski definition) is 3. The number of aryl methyl sites for hydroxylation is 2. The summed E-state index contributed by atoms with van der Waals surface area (Å²) in [7, 11) is 1.61. The van der Waals surface area contributed by atoms with Gasteiger partial charge in [0.05, 0.1) is 7.11 Å². The van der Waals surface area contributed by atoms with Gasteiger partial charge in [-0.3, -0.25) is 4.79 Å². The van der Waals surface area contributed by atoms with E-state index in [1.807, 2.05) is 56.3 Å². The largest absolute Gasteiger partial charge is 0.496 e. The summed E-state index contributed by atoms with van der Waals surface area (Å²) in [5, 5.41) is 12.0. The van der Waals surface area contributed by atoms with Gasteiger partial charge >= 0.3 is 0 Å². The molecule has 116 valence electrons. The molecule has 0 aromatic heterocycles. The fourth-order valence-corrected chi connectivity index (χ4v) is 2.21. The van der Waals surface area contributed by atoms with E-state index >= 15 is 0 Å². The average molecular weight is 306 g/mol. The molecule has 0 radical (unpaired) electrons. The average Bonchev–Trinajstić information content (AvgIpc) is 2.54. The van der Waals surface area contributed by atoms with Gasteiger partial charge in [-0.1, -0.05) is 24.3 Å². The molecule has 0 atom stereocenters. The molecule has 2 aromatic carbocycles. The molecule has 2 rings (SSSR count). The second-order valence-corrected chi connectivity index (χ2v) is 5.17. The standard InChI is InChI=1S/C19H18N2O2/c1-13-6-4-5-7-17(13)21-19(22)16(12-20)11-15-8-9-18(23-3)14(2)10-15/h4-11H,1-3H3,(H,21,22)/b16-11-. The Hall–Kier alpha value is -3.06. The quantitative estimate of drug-likeness (QED) is 0.689. The van der Waals surface area contributed by atoms with Crippen LogP contribution in [-0.2, 0) is 4.79 Å². The molecule has 0 unspecified atom stereocenters. The molecule has 1 N–H and O–H groups in total. The van der Waals surface area contributed by atoms with Crippen molar-refractivity contribution in [2.45, 2.75) is 13.8 Å². The predicted molar refractivity (Wildman–Crippen MR) is 91.1 cm³/mol. The summed E-state index contributed by atoms with van der Waals surface area (Å²) in [4.78, 5) is 12.3. The Morgan fingerprint density at radius 3 is 2.52 bits per heavy atom. The van der Waals surface area contributed by atoms with Crippen LogP contribution in [0.4, 0.5) is 5.69 Å². The summed E-state index contributed by atoms with van der Waals surface area (Å²) in [5.74, 6) is 0.347. The Labute approximate surface area is 136 Å². The Bertz CT molecular complexity index is 801. The molecular weight excluding hydrogens is 288 g/mol. The number of benzene rings is 2. The minimum Gasteiger partial charge on any atom is -0.496 e. The number of methoxy groups -OCH3 is 1. The van der Waals surface area contributed by atoms with Gasteiger partial charge in [-0.2, -0.15) is 5.26 Å². The molecule has 0 spiro atoms. The van der Waals surface area contributed by atoms with E-state index in [4.69, 9.17) is 4.74 Å². The van der Waals surface area contributed by atoms with E-state index in [0.29, 0.717) is 5.69 Å². The van der Waals surface area contributed by atoms with Crippen LogP contribution < -0.4 is 10.1 Å². The van der Waals surface area contributed by atoms with Crippen LogP contribution in [-0.4, -0.2) is 13.0 Å². The second-order valence-electron chi connectivity index (χ2n) is 5.17. The molecule has 2 aromatic rings. The van der Waals surface area contributed by atoms with Crippen molar-refractivity contribution in [3.8, 4) is 11.8 Å². The first-order valence-electron chi connectivity index (χ1n) is 7.18. The van der Waals surface area contributed by atoms with Gasteiger partial charge in [0.15, 0.2) is 0 Å². The van der Waals surface area contributed by atoms with Crippen molar-refractivity contribution in [1.82, 2.24) is 0 Å². The maximum Gasteiger partial charge on any atom is 0.266 e. The van der Waals surface area contributed by atoms with Crippen LogP contribution in [0.25, 0.3) is 6.08 Å². The van der Waals surface area contributed by atoms with Crippen LogP contribution in [0.1, 0.15) is 16.7 Å². The van der Waals surface area contributed by atoms with Crippen molar-refractivity contribution in [3.05, 3.63) is 64.7 Å². The number of nitrogens with zero attached hydrogens (tertiary/aromatic N) is 1. The van der Waals surface area contributed by atoms with E-state index < -0.39 is 5.91 Å². The van der Waals surface area contributed by atoms with Crippen LogP contribution in [0.3, 0.4) is 0 Å². The molecule has 0 saturated heterocycles. The number of carbonyl (C=O) groups excluding carboxylic acids is 1. The molecule has 1 amide bonds. The Morgan fingerprint density at radius 2 is 1.91 bits per heavy atom. The first-order valence-corrected chi connectivity index (χ1v) is 7.18. The SMILES string of the molecule is COc1ccc(/C=C(/C#N)C(=O)Nc2ccccc2C)cc1C. The zero-order valence-electron chi connectivity index (χ0n) is 13.4. The minimum atomic E-state index is -0.421. The van der Waals surface area contributed by atoms with Gasteiger partial charge in [0.1, 0.15) is 17.4 Å². The van der Waals surface area contributed by atoms with E-state index in [2.05, 4.69) is 5.32 Å². The third-order valence-electron chi connectivity index (χ3n) is 3.49. The fourth-order valence-electron chi connectivity index (χ4n) is 2.21. The van der Waals surface area contributed by atoms with E-state index in [1.165, 1.54) is 0 Å². The van der Waals surface area contributed by atoms with Gasteiger partial charge in [0.25, 0.3) is 5.91 Å². The number of nitriles is 1. The molecular formula is C19H18N2O2. The molecule has 0 heterocycles. The van der Waals surface area contributed by atoms with Gasteiger partial charge in [-0.25, -0.2) is 0 Å². The number of ether oxygens (including phenoxy) is 1. The summed E-state index contributed by atoms with van der Waals surface area (Å²) in [5.41, 5.74) is 3.42. The summed E-state index contributed by atoms with van der Waals surface area (Å²) in [6.07, 6.45) is 1.57. The summed E-state index contributed by atoms with van der Waals surface area (Å²) < 4.78 is 5.21. The first-order chi connectivity index (χ1) is 11.0. The lowest BCUT2D eigenvalue weighted by Crippen LogP contribution is -2.14. The smallest absolute Gasteiger partial charge is 0.266 e. The zero-order chi connectivity index (χ0) is 16.8. The lowest BCUT2D eigenvalue weighted by molar-refractivity contribution is -0.112. The second kappa shape index (κ2) is 7.28. The summed E-state index contributed by atoms with van der Waals surface area (Å²) in [6.45, 7) is 3.81. The van der Waals surface area contributed by atoms with Crippen molar-refractivity contribution < 1.29 is 9.53 Å². The highest BCUT2D eigenvalue weighted by Gasteiger charge is 2.11. The minimum absolute atomic E-state index is 0.0535. The van der Waals surface area contributed by atoms with Crippen LogP contribution >= 0.6 is 0 Å². The predicted octanol–water partition coefficient (Wildman–Crippen LogP) is 3.86. The normalized spacial score (nSPS) is 10.8. The van der Waals surface area contributed by atoms with Gasteiger partial charge in [0, 0.05) is 5.69 Å². The number of nitrogens with one attached hydrogen (secondary N) is 1. The Balaban J connectivity index is 2.25. The number of hydrogen-bond donors (Lipinski definition) is 1. The topological polar surface area (TPSA) is 62.1 Å². The first kappa shape index (κ1) is 16.3. The van der Waals surface area contributed by atoms with Crippen molar-refractivity contribution in [2.24, 2.45) is 0 Å². The van der Waals surface area contributed by atoms with Crippen molar-refractivity contribution >= 4 is 17.7 Å². The Kier molecular flexibility index (Phi) is 5.16. The molecule has 4 heteroatoms. The lowest BCUT2D eigenvalue weighted by atomic mass is 10.1. The highest BCUT2D eigenvalue weighted by Crippen LogP contribution is 2.20. The number of amides is 1. The molecule has 0 aliphatic rings. The number of anilines is 1. The summed E-state index contributed by atoms with van der Waals surface area (Å²) >= 11 is 0. The monoisotopic (exact) mass is 306 g/mol. The van der Waals surface area contributed by atoms with Gasteiger partial charge in [-0.15, -0.1) is 0 Å². The molecule has 0 bridgehead atoms. The molecule has 0 saturated carbocycles. The number of para-hydroxylation sites is 1. The Morgan fingerprint density at radius 1 is 1.17 bits per heavy atom. The molecule has 4 nitrogen and oxygen atoms in total. The van der Waals surface area contributed by atoms with E-state index in [-0.39, 0.29) is 5.57 Å². The molecule has 0 aliphatic heterocycles. The highest BCUT2D eigenvalue weighted by atomic mass is 16.5. The van der Waals surface area contributed by atoms with Crippen LogP contribution in [0, 0.1) is 25.2 Å². The van der Waals surface area contributed by atoms with Crippen LogP contribution in [0.5, 0.6) is 5.75 Å². The molecule has 23 heavy (non-hydrogen) atoms. The number of carbonyl (C=O) groups is 1. The van der Waals surface area contributed by atoms with Gasteiger partial charge < -0.3 is 10.1 Å². The third-order valence-corrected chi connectivity index (χ3v) is 3.49. The highest BCUT2D eigenvalue weighted by molar-refractivity contribution is 6.09. The van der Waals surface area contributed by atoms with Gasteiger partial charge in [0.2, 0.25) is 0 Å². The number of rotatable bonds is 4. The van der Waals surface area contributed by atoms with E-state index in [1.54, 1.807) is 19.3 Å². The van der Waals surface area contributed by atoms with E-state index in [9.17, 15) is 10.1 Å².